The normalized spacial score (nSPS) is 18.2. The van der Waals surface area contributed by atoms with Gasteiger partial charge >= 0.3 is 5.69 Å². The van der Waals surface area contributed by atoms with Gasteiger partial charge in [0.05, 0.1) is 18.0 Å². The summed E-state index contributed by atoms with van der Waals surface area (Å²) in [5.41, 5.74) is 2.31. The van der Waals surface area contributed by atoms with Gasteiger partial charge in [-0.1, -0.05) is 0 Å². The molecule has 0 saturated carbocycles. The number of aromatic nitrogens is 3. The second-order valence-electron chi connectivity index (χ2n) is 6.12. The highest BCUT2D eigenvalue weighted by atomic mass is 32.1. The summed E-state index contributed by atoms with van der Waals surface area (Å²) in [5, 5.41) is 4.00. The maximum atomic E-state index is 12.6. The fraction of sp³-hybridized carbons (Fsp3) is 0.353. The molecule has 0 aliphatic carbocycles. The van der Waals surface area contributed by atoms with Crippen LogP contribution in [0.4, 0.5) is 0 Å². The number of rotatable bonds is 3. The Hall–Kier alpha value is -2.41. The Bertz CT molecular complexity index is 912. The van der Waals surface area contributed by atoms with Crippen LogP contribution in [0, 0.1) is 0 Å². The summed E-state index contributed by atoms with van der Waals surface area (Å²) >= 11 is 1.60. The number of carbonyl (C=O) groups is 1. The van der Waals surface area contributed by atoms with Crippen molar-refractivity contribution in [3.05, 3.63) is 51.2 Å². The van der Waals surface area contributed by atoms with Crippen LogP contribution in [0.5, 0.6) is 0 Å². The molecule has 1 atom stereocenters. The molecule has 1 amide bonds. The number of nitrogens with one attached hydrogen (secondary N) is 1. The van der Waals surface area contributed by atoms with Crippen LogP contribution in [-0.2, 0) is 11.2 Å². The number of amides is 1. The van der Waals surface area contributed by atoms with Gasteiger partial charge in [0.2, 0.25) is 5.91 Å². The summed E-state index contributed by atoms with van der Waals surface area (Å²) in [6.07, 6.45) is 3.89. The van der Waals surface area contributed by atoms with Gasteiger partial charge in [-0.2, -0.15) is 11.3 Å². The molecule has 1 unspecified atom stereocenters. The van der Waals surface area contributed by atoms with Gasteiger partial charge in [-0.25, -0.2) is 9.78 Å². The number of aromatic amines is 1. The monoisotopic (exact) mass is 342 g/mol. The SMILES string of the molecule is O=C(Cc1ccsc1)N1CCCC(n2c(=O)[nH]c3ncccc32)C1. The lowest BCUT2D eigenvalue weighted by molar-refractivity contribution is -0.132. The molecule has 24 heavy (non-hydrogen) atoms. The van der Waals surface area contributed by atoms with E-state index < -0.39 is 0 Å². The van der Waals surface area contributed by atoms with E-state index in [2.05, 4.69) is 9.97 Å². The largest absolute Gasteiger partial charge is 0.340 e. The van der Waals surface area contributed by atoms with E-state index in [9.17, 15) is 9.59 Å². The lowest BCUT2D eigenvalue weighted by Gasteiger charge is -2.33. The molecule has 1 fully saturated rings. The van der Waals surface area contributed by atoms with Crippen molar-refractivity contribution in [2.24, 2.45) is 0 Å². The Morgan fingerprint density at radius 1 is 1.42 bits per heavy atom. The highest BCUT2D eigenvalue weighted by Crippen LogP contribution is 2.24. The van der Waals surface area contributed by atoms with E-state index in [4.69, 9.17) is 0 Å². The third-order valence-electron chi connectivity index (χ3n) is 4.54. The van der Waals surface area contributed by atoms with E-state index in [0.29, 0.717) is 18.6 Å². The molecule has 0 bridgehead atoms. The summed E-state index contributed by atoms with van der Waals surface area (Å²) in [5.74, 6) is 0.129. The van der Waals surface area contributed by atoms with Crippen molar-refractivity contribution in [1.29, 1.82) is 0 Å². The van der Waals surface area contributed by atoms with Gasteiger partial charge < -0.3 is 4.90 Å². The van der Waals surface area contributed by atoms with Crippen LogP contribution in [-0.4, -0.2) is 38.4 Å². The number of likely N-dealkylation sites (tertiary alicyclic amines) is 1. The van der Waals surface area contributed by atoms with Crippen LogP contribution in [0.15, 0.2) is 40.0 Å². The number of nitrogens with zero attached hydrogens (tertiary/aromatic N) is 3. The van der Waals surface area contributed by atoms with Crippen LogP contribution >= 0.6 is 11.3 Å². The maximum Gasteiger partial charge on any atom is 0.327 e. The highest BCUT2D eigenvalue weighted by Gasteiger charge is 2.27. The van der Waals surface area contributed by atoms with Crippen LogP contribution in [0.1, 0.15) is 24.4 Å². The van der Waals surface area contributed by atoms with Crippen molar-refractivity contribution >= 4 is 28.4 Å². The predicted molar refractivity (Wildman–Crippen MR) is 93.2 cm³/mol. The average Bonchev–Trinajstić information content (AvgIpc) is 3.21. The molecule has 124 valence electrons. The number of imidazole rings is 1. The number of carbonyl (C=O) groups excluding carboxylic acids is 1. The minimum absolute atomic E-state index is 0.00405. The Kier molecular flexibility index (Phi) is 3.93. The van der Waals surface area contributed by atoms with Gasteiger partial charge in [0.15, 0.2) is 5.65 Å². The van der Waals surface area contributed by atoms with Gasteiger partial charge in [0.1, 0.15) is 0 Å². The Labute approximate surface area is 142 Å². The van der Waals surface area contributed by atoms with Crippen molar-refractivity contribution in [1.82, 2.24) is 19.4 Å². The molecule has 0 spiro atoms. The maximum absolute atomic E-state index is 12.6. The number of hydrogen-bond acceptors (Lipinski definition) is 4. The Morgan fingerprint density at radius 3 is 3.17 bits per heavy atom. The zero-order valence-corrected chi connectivity index (χ0v) is 14.0. The summed E-state index contributed by atoms with van der Waals surface area (Å²) in [6.45, 7) is 1.33. The summed E-state index contributed by atoms with van der Waals surface area (Å²) in [6, 6.07) is 5.70. The standard InChI is InChI=1S/C17H18N4O2S/c22-15(9-12-5-8-24-11-12)20-7-2-3-13(10-20)21-14-4-1-6-18-16(14)19-17(21)23/h1,4-6,8,11,13H,2-3,7,9-10H2,(H,18,19,23). The van der Waals surface area contributed by atoms with Crippen molar-refractivity contribution in [2.75, 3.05) is 13.1 Å². The number of pyridine rings is 1. The van der Waals surface area contributed by atoms with E-state index in [1.165, 1.54) is 0 Å². The molecule has 3 aromatic heterocycles. The summed E-state index contributed by atoms with van der Waals surface area (Å²) in [4.78, 5) is 33.8. The molecule has 1 aliphatic rings. The zero-order valence-electron chi connectivity index (χ0n) is 13.1. The molecule has 0 radical (unpaired) electrons. The van der Waals surface area contributed by atoms with Gasteiger partial charge in [-0.15, -0.1) is 0 Å². The molecule has 3 aromatic rings. The van der Waals surface area contributed by atoms with Crippen molar-refractivity contribution < 1.29 is 4.79 Å². The van der Waals surface area contributed by atoms with Gasteiger partial charge in [0, 0.05) is 19.3 Å². The second-order valence-corrected chi connectivity index (χ2v) is 6.90. The first-order valence-electron chi connectivity index (χ1n) is 8.06. The molecular weight excluding hydrogens is 324 g/mol. The van der Waals surface area contributed by atoms with Gasteiger partial charge in [0.25, 0.3) is 0 Å². The van der Waals surface area contributed by atoms with E-state index in [1.807, 2.05) is 33.9 Å². The molecule has 1 saturated heterocycles. The number of piperidine rings is 1. The summed E-state index contributed by atoms with van der Waals surface area (Å²) < 4.78 is 1.76. The minimum Gasteiger partial charge on any atom is -0.340 e. The Balaban J connectivity index is 1.57. The average molecular weight is 342 g/mol. The quantitative estimate of drug-likeness (QED) is 0.793. The fourth-order valence-electron chi connectivity index (χ4n) is 3.39. The number of fused-ring (bicyclic) bond motifs is 1. The fourth-order valence-corrected chi connectivity index (χ4v) is 4.06. The Morgan fingerprint density at radius 2 is 2.33 bits per heavy atom. The molecule has 1 N–H and O–H groups in total. The first-order chi connectivity index (χ1) is 11.7. The topological polar surface area (TPSA) is 71.0 Å². The van der Waals surface area contributed by atoms with E-state index >= 15 is 0 Å². The van der Waals surface area contributed by atoms with Gasteiger partial charge in [-0.3, -0.25) is 14.3 Å². The molecule has 6 nitrogen and oxygen atoms in total. The van der Waals surface area contributed by atoms with Crippen LogP contribution in [0.25, 0.3) is 11.2 Å². The lowest BCUT2D eigenvalue weighted by Crippen LogP contribution is -2.43. The first kappa shape index (κ1) is 15.1. The third-order valence-corrected chi connectivity index (χ3v) is 5.27. The number of hydrogen-bond donors (Lipinski definition) is 1. The predicted octanol–water partition coefficient (Wildman–Crippen LogP) is 2.19. The van der Waals surface area contributed by atoms with E-state index in [1.54, 1.807) is 22.1 Å². The molecule has 7 heteroatoms. The smallest absolute Gasteiger partial charge is 0.327 e. The summed E-state index contributed by atoms with van der Waals surface area (Å²) in [7, 11) is 0. The molecule has 4 heterocycles. The van der Waals surface area contributed by atoms with Crippen molar-refractivity contribution in [3.8, 4) is 0 Å². The van der Waals surface area contributed by atoms with Crippen molar-refractivity contribution in [3.63, 3.8) is 0 Å². The lowest BCUT2D eigenvalue weighted by atomic mass is 10.0. The molecule has 0 aromatic carbocycles. The molecular formula is C17H18N4O2S. The second kappa shape index (κ2) is 6.24. The van der Waals surface area contributed by atoms with Crippen LogP contribution in [0.3, 0.4) is 0 Å². The zero-order chi connectivity index (χ0) is 16.5. The molecule has 4 rings (SSSR count). The van der Waals surface area contributed by atoms with Crippen molar-refractivity contribution in [2.45, 2.75) is 25.3 Å². The highest BCUT2D eigenvalue weighted by molar-refractivity contribution is 7.08. The van der Waals surface area contributed by atoms with Crippen LogP contribution in [0.2, 0.25) is 0 Å². The number of H-pyrrole nitrogens is 1. The third kappa shape index (κ3) is 2.75. The molecule has 1 aliphatic heterocycles. The van der Waals surface area contributed by atoms with E-state index in [-0.39, 0.29) is 17.6 Å². The van der Waals surface area contributed by atoms with Gasteiger partial charge in [-0.05, 0) is 47.4 Å². The van der Waals surface area contributed by atoms with E-state index in [0.717, 1.165) is 30.5 Å². The minimum atomic E-state index is -0.152. The first-order valence-corrected chi connectivity index (χ1v) is 9.01. The van der Waals surface area contributed by atoms with Crippen LogP contribution < -0.4 is 5.69 Å². The number of thiophene rings is 1.